The Balaban J connectivity index is 1.33. The van der Waals surface area contributed by atoms with Crippen molar-refractivity contribution in [1.29, 1.82) is 0 Å². The molecule has 1 aromatic carbocycles. The maximum atomic E-state index is 6.37. The predicted molar refractivity (Wildman–Crippen MR) is 138 cm³/mol. The third kappa shape index (κ3) is 4.19. The van der Waals surface area contributed by atoms with E-state index in [4.69, 9.17) is 10.7 Å². The van der Waals surface area contributed by atoms with Crippen LogP contribution in [0.1, 0.15) is 43.0 Å². The van der Waals surface area contributed by atoms with E-state index < -0.39 is 0 Å². The quantitative estimate of drug-likeness (QED) is 0.370. The molecule has 0 radical (unpaired) electrons. The number of thiophene rings is 1. The lowest BCUT2D eigenvalue weighted by molar-refractivity contribution is 0.700. The third-order valence-corrected chi connectivity index (χ3v) is 8.51. The van der Waals surface area contributed by atoms with Gasteiger partial charge in [0, 0.05) is 36.3 Å². The summed E-state index contributed by atoms with van der Waals surface area (Å²) in [5.41, 5.74) is 10.0. The maximum absolute atomic E-state index is 6.37. The van der Waals surface area contributed by atoms with Crippen LogP contribution in [0.15, 0.2) is 29.4 Å². The summed E-state index contributed by atoms with van der Waals surface area (Å²) in [5, 5.41) is 10.8. The zero-order chi connectivity index (χ0) is 22.9. The van der Waals surface area contributed by atoms with Gasteiger partial charge in [-0.15, -0.1) is 21.5 Å². The van der Waals surface area contributed by atoms with Crippen LogP contribution in [-0.2, 0) is 25.6 Å². The summed E-state index contributed by atoms with van der Waals surface area (Å²) in [5.74, 6) is 2.82. The standard InChI is InChI=1S/C24H29N7S2/c1-4-31(5-2)16-12-10-15(11-13-16)22-28-29-24(30(22)3)32-14-19-26-21(25)20-17-8-6-7-9-18(17)33-23(20)27-19/h10-13H,4-9,14H2,1-3H3,(H2,25,26,27). The van der Waals surface area contributed by atoms with Crippen molar-refractivity contribution in [2.24, 2.45) is 7.05 Å². The molecule has 1 aliphatic rings. The molecule has 3 heterocycles. The van der Waals surface area contributed by atoms with Crippen LogP contribution in [0.4, 0.5) is 11.5 Å². The number of nitrogen functional groups attached to an aromatic ring is 1. The second kappa shape index (κ2) is 9.30. The van der Waals surface area contributed by atoms with Gasteiger partial charge in [-0.05, 0) is 69.4 Å². The van der Waals surface area contributed by atoms with E-state index in [1.165, 1.54) is 29.0 Å². The number of thioether (sulfide) groups is 1. The number of benzene rings is 1. The van der Waals surface area contributed by atoms with Crippen LogP contribution in [0.5, 0.6) is 0 Å². The van der Waals surface area contributed by atoms with Crippen molar-refractivity contribution in [1.82, 2.24) is 24.7 Å². The summed E-state index contributed by atoms with van der Waals surface area (Å²) in [4.78, 5) is 14.3. The van der Waals surface area contributed by atoms with E-state index in [-0.39, 0.29) is 0 Å². The zero-order valence-electron chi connectivity index (χ0n) is 19.3. The average Bonchev–Trinajstić information content (AvgIpc) is 3.39. The Labute approximate surface area is 202 Å². The molecule has 0 bridgehead atoms. The molecule has 0 saturated carbocycles. The molecule has 0 amide bonds. The highest BCUT2D eigenvalue weighted by atomic mass is 32.2. The lowest BCUT2D eigenvalue weighted by Crippen LogP contribution is -2.21. The summed E-state index contributed by atoms with van der Waals surface area (Å²) in [6.45, 7) is 6.33. The highest BCUT2D eigenvalue weighted by Crippen LogP contribution is 2.38. The number of hydrogen-bond acceptors (Lipinski definition) is 8. The van der Waals surface area contributed by atoms with Crippen LogP contribution in [0.2, 0.25) is 0 Å². The van der Waals surface area contributed by atoms with E-state index in [1.54, 1.807) is 23.1 Å². The number of anilines is 2. The van der Waals surface area contributed by atoms with Crippen LogP contribution >= 0.6 is 23.1 Å². The summed E-state index contributed by atoms with van der Waals surface area (Å²) < 4.78 is 2.03. The van der Waals surface area contributed by atoms with Crippen molar-refractivity contribution < 1.29 is 0 Å². The SMILES string of the molecule is CCN(CC)c1ccc(-c2nnc(SCc3nc(N)c4c5c(sc4n3)CCCC5)n2C)cc1. The highest BCUT2D eigenvalue weighted by Gasteiger charge is 2.20. The van der Waals surface area contributed by atoms with Gasteiger partial charge in [-0.25, -0.2) is 9.97 Å². The molecule has 0 fully saturated rings. The second-order valence-electron chi connectivity index (χ2n) is 8.29. The van der Waals surface area contributed by atoms with Gasteiger partial charge in [0.05, 0.1) is 11.1 Å². The van der Waals surface area contributed by atoms with Crippen LogP contribution in [0, 0.1) is 0 Å². The minimum absolute atomic E-state index is 0.607. The molecule has 9 heteroatoms. The van der Waals surface area contributed by atoms with Crippen LogP contribution in [0.3, 0.4) is 0 Å². The molecule has 1 aliphatic carbocycles. The van der Waals surface area contributed by atoms with E-state index in [2.05, 4.69) is 58.2 Å². The molecule has 0 saturated heterocycles. The van der Waals surface area contributed by atoms with Gasteiger partial charge in [0.15, 0.2) is 11.0 Å². The monoisotopic (exact) mass is 479 g/mol. The summed E-state index contributed by atoms with van der Waals surface area (Å²) >= 11 is 3.37. The molecular formula is C24H29N7S2. The predicted octanol–water partition coefficient (Wildman–Crippen LogP) is 5.09. The first-order valence-electron chi connectivity index (χ1n) is 11.5. The molecule has 5 rings (SSSR count). The smallest absolute Gasteiger partial charge is 0.191 e. The van der Waals surface area contributed by atoms with E-state index in [0.29, 0.717) is 11.6 Å². The summed E-state index contributed by atoms with van der Waals surface area (Å²) in [6, 6.07) is 8.53. The van der Waals surface area contributed by atoms with Gasteiger partial charge in [0.1, 0.15) is 16.5 Å². The normalized spacial score (nSPS) is 13.4. The molecule has 3 aromatic heterocycles. The highest BCUT2D eigenvalue weighted by molar-refractivity contribution is 7.98. The Bertz CT molecular complexity index is 1270. The van der Waals surface area contributed by atoms with Crippen molar-refractivity contribution in [2.45, 2.75) is 50.4 Å². The topological polar surface area (TPSA) is 85.8 Å². The van der Waals surface area contributed by atoms with E-state index in [9.17, 15) is 0 Å². The Kier molecular flexibility index (Phi) is 6.25. The molecule has 4 aromatic rings. The van der Waals surface area contributed by atoms with Gasteiger partial charge in [-0.3, -0.25) is 0 Å². The van der Waals surface area contributed by atoms with Gasteiger partial charge in [-0.1, -0.05) is 11.8 Å². The Morgan fingerprint density at radius 2 is 1.82 bits per heavy atom. The van der Waals surface area contributed by atoms with Crippen LogP contribution in [0.25, 0.3) is 21.6 Å². The maximum Gasteiger partial charge on any atom is 0.191 e. The van der Waals surface area contributed by atoms with Gasteiger partial charge in [0.25, 0.3) is 0 Å². The molecule has 0 spiro atoms. The number of aryl methyl sites for hydroxylation is 2. The Morgan fingerprint density at radius 1 is 1.06 bits per heavy atom. The fourth-order valence-corrected chi connectivity index (χ4v) is 6.58. The fourth-order valence-electron chi connectivity index (χ4n) is 4.53. The first-order valence-corrected chi connectivity index (χ1v) is 13.3. The Morgan fingerprint density at radius 3 is 2.58 bits per heavy atom. The number of rotatable bonds is 7. The average molecular weight is 480 g/mol. The minimum Gasteiger partial charge on any atom is -0.383 e. The molecular weight excluding hydrogens is 450 g/mol. The molecule has 0 atom stereocenters. The third-order valence-electron chi connectivity index (χ3n) is 6.31. The van der Waals surface area contributed by atoms with Gasteiger partial charge in [0.2, 0.25) is 0 Å². The number of aromatic nitrogens is 5. The number of hydrogen-bond donors (Lipinski definition) is 1. The molecule has 2 N–H and O–H groups in total. The summed E-state index contributed by atoms with van der Waals surface area (Å²) in [6.07, 6.45) is 4.71. The van der Waals surface area contributed by atoms with Crippen LogP contribution < -0.4 is 10.6 Å². The first-order chi connectivity index (χ1) is 16.1. The zero-order valence-corrected chi connectivity index (χ0v) is 21.0. The minimum atomic E-state index is 0.607. The summed E-state index contributed by atoms with van der Waals surface area (Å²) in [7, 11) is 2.00. The molecule has 0 aliphatic heterocycles. The van der Waals surface area contributed by atoms with E-state index in [1.807, 2.05) is 11.6 Å². The largest absolute Gasteiger partial charge is 0.383 e. The first kappa shape index (κ1) is 22.2. The van der Waals surface area contributed by atoms with Crippen molar-refractivity contribution in [3.8, 4) is 11.4 Å². The van der Waals surface area contributed by atoms with E-state index >= 15 is 0 Å². The van der Waals surface area contributed by atoms with Crippen molar-refractivity contribution >= 4 is 44.8 Å². The molecule has 7 nitrogen and oxygen atoms in total. The Hall–Kier alpha value is -2.65. The van der Waals surface area contributed by atoms with Gasteiger partial charge in [-0.2, -0.15) is 0 Å². The number of nitrogens with zero attached hydrogens (tertiary/aromatic N) is 6. The number of nitrogens with two attached hydrogens (primary N) is 1. The van der Waals surface area contributed by atoms with Crippen molar-refractivity contribution in [3.05, 3.63) is 40.5 Å². The second-order valence-corrected chi connectivity index (χ2v) is 10.3. The van der Waals surface area contributed by atoms with Crippen molar-refractivity contribution in [2.75, 3.05) is 23.7 Å². The number of fused-ring (bicyclic) bond motifs is 3. The lowest BCUT2D eigenvalue weighted by Gasteiger charge is -2.21. The van der Waals surface area contributed by atoms with Gasteiger partial charge < -0.3 is 15.2 Å². The fraction of sp³-hybridized carbons (Fsp3) is 0.417. The lowest BCUT2D eigenvalue weighted by atomic mass is 9.97. The van der Waals surface area contributed by atoms with Gasteiger partial charge >= 0.3 is 0 Å². The van der Waals surface area contributed by atoms with E-state index in [0.717, 1.165) is 58.5 Å². The van der Waals surface area contributed by atoms with Crippen LogP contribution in [-0.4, -0.2) is 37.8 Å². The van der Waals surface area contributed by atoms with Crippen molar-refractivity contribution in [3.63, 3.8) is 0 Å². The molecule has 172 valence electrons. The molecule has 0 unspecified atom stereocenters. The molecule has 33 heavy (non-hydrogen) atoms.